The zero-order chi connectivity index (χ0) is 28.8. The molecule has 0 radical (unpaired) electrons. The highest BCUT2D eigenvalue weighted by atomic mass is 32.1. The summed E-state index contributed by atoms with van der Waals surface area (Å²) < 4.78 is 20.6. The fourth-order valence-electron chi connectivity index (χ4n) is 5.21. The minimum absolute atomic E-state index is 0.0756. The summed E-state index contributed by atoms with van der Waals surface area (Å²) in [4.78, 5) is 39.5. The lowest BCUT2D eigenvalue weighted by molar-refractivity contribution is -0.151. The van der Waals surface area contributed by atoms with Crippen molar-refractivity contribution in [3.8, 4) is 10.6 Å². The molecule has 3 heterocycles. The Balaban J connectivity index is 1.56. The Morgan fingerprint density at radius 3 is 2.55 bits per heavy atom. The number of rotatable bonds is 10. The molecule has 3 atom stereocenters. The second-order valence-corrected chi connectivity index (χ2v) is 11.5. The fourth-order valence-corrected chi connectivity index (χ4v) is 5.85. The molecule has 0 spiro atoms. The molecule has 40 heavy (non-hydrogen) atoms. The minimum Gasteiger partial charge on any atom is -0.385 e. The van der Waals surface area contributed by atoms with Gasteiger partial charge in [-0.25, -0.2) is 9.37 Å². The zero-order valence-electron chi connectivity index (χ0n) is 23.8. The number of hydrogen-bond acceptors (Lipinski definition) is 7. The maximum Gasteiger partial charge on any atom is 0.244 e. The molecule has 1 aliphatic rings. The first-order chi connectivity index (χ1) is 19.2. The molecular weight excluding hydrogens is 529 g/mol. The van der Waals surface area contributed by atoms with Gasteiger partial charge in [0.05, 0.1) is 11.7 Å². The third-order valence-corrected chi connectivity index (χ3v) is 8.15. The molecule has 10 heteroatoms. The minimum atomic E-state index is -0.730. The van der Waals surface area contributed by atoms with E-state index in [1.165, 1.54) is 0 Å². The molecular formula is C30H38FN5O3S. The maximum absolute atomic E-state index is 15.2. The number of pyridine rings is 1. The molecule has 0 aliphatic carbocycles. The number of halogens is 1. The van der Waals surface area contributed by atoms with Crippen LogP contribution in [-0.4, -0.2) is 70.5 Å². The van der Waals surface area contributed by atoms with Crippen LogP contribution in [0.4, 0.5) is 4.39 Å². The van der Waals surface area contributed by atoms with Crippen LogP contribution in [0.2, 0.25) is 0 Å². The number of nitrogens with zero attached hydrogens (tertiary/aromatic N) is 4. The number of methoxy groups -OCH3 is 1. The highest BCUT2D eigenvalue weighted by Gasteiger charge is 2.42. The van der Waals surface area contributed by atoms with Crippen LogP contribution >= 0.6 is 11.3 Å². The molecule has 1 aliphatic heterocycles. The van der Waals surface area contributed by atoms with E-state index < -0.39 is 12.1 Å². The first kappa shape index (κ1) is 29.8. The molecule has 2 aromatic heterocycles. The SMILES string of the molecule is COCC[C@H](c1nccc(C)c1F)N1C[C@@H](C)N(C(=O)C(C)C)[C@@H](C(=O)NCc2ccc(-c3nccs3)cc2)C1. The van der Waals surface area contributed by atoms with E-state index >= 15 is 4.39 Å². The predicted molar refractivity (Wildman–Crippen MR) is 154 cm³/mol. The van der Waals surface area contributed by atoms with E-state index in [-0.39, 0.29) is 36.1 Å². The standard InChI is InChI=1S/C30H38FN5O3S/c1-19(2)30(38)36-21(4)17-35(24(11-14-39-5)27-26(31)20(3)10-12-32-27)18-25(36)28(37)34-16-22-6-8-23(9-7-22)29-33-13-15-40-29/h6-10,12-13,15,19,21,24-25H,11,14,16-18H2,1-5H3,(H,34,37)/t21-,24-,25-/m1/s1. The number of amides is 2. The lowest BCUT2D eigenvalue weighted by Crippen LogP contribution is -2.65. The molecule has 1 aromatic carbocycles. The Morgan fingerprint density at radius 2 is 1.90 bits per heavy atom. The Hall–Kier alpha value is -3.21. The number of nitrogens with one attached hydrogen (secondary N) is 1. The fraction of sp³-hybridized carbons (Fsp3) is 0.467. The van der Waals surface area contributed by atoms with Gasteiger partial charge in [-0.15, -0.1) is 11.3 Å². The van der Waals surface area contributed by atoms with Gasteiger partial charge in [-0.1, -0.05) is 38.1 Å². The number of benzene rings is 1. The van der Waals surface area contributed by atoms with Gasteiger partial charge in [0, 0.05) is 68.6 Å². The van der Waals surface area contributed by atoms with Gasteiger partial charge in [-0.3, -0.25) is 19.5 Å². The highest BCUT2D eigenvalue weighted by molar-refractivity contribution is 7.13. The van der Waals surface area contributed by atoms with Crippen LogP contribution in [0.5, 0.6) is 0 Å². The molecule has 8 nitrogen and oxygen atoms in total. The van der Waals surface area contributed by atoms with Crippen molar-refractivity contribution in [3.05, 3.63) is 70.7 Å². The van der Waals surface area contributed by atoms with Crippen molar-refractivity contribution in [2.45, 2.75) is 58.8 Å². The first-order valence-electron chi connectivity index (χ1n) is 13.6. The topological polar surface area (TPSA) is 87.7 Å². The highest BCUT2D eigenvalue weighted by Crippen LogP contribution is 2.31. The Bertz CT molecular complexity index is 1290. The molecule has 1 saturated heterocycles. The van der Waals surface area contributed by atoms with E-state index in [1.54, 1.807) is 48.7 Å². The number of carbonyl (C=O) groups is 2. The average molecular weight is 568 g/mol. The third kappa shape index (κ3) is 6.74. The van der Waals surface area contributed by atoms with Crippen molar-refractivity contribution in [1.82, 2.24) is 25.1 Å². The second-order valence-electron chi connectivity index (χ2n) is 10.6. The van der Waals surface area contributed by atoms with Gasteiger partial charge in [-0.05, 0) is 37.5 Å². The average Bonchev–Trinajstić information content (AvgIpc) is 3.49. The van der Waals surface area contributed by atoms with Crippen LogP contribution in [0.25, 0.3) is 10.6 Å². The molecule has 4 rings (SSSR count). The molecule has 214 valence electrons. The summed E-state index contributed by atoms with van der Waals surface area (Å²) in [6.07, 6.45) is 3.89. The van der Waals surface area contributed by atoms with Crippen LogP contribution in [0.15, 0.2) is 48.1 Å². The summed E-state index contributed by atoms with van der Waals surface area (Å²) in [5.41, 5.74) is 2.83. The summed E-state index contributed by atoms with van der Waals surface area (Å²) in [5, 5.41) is 5.92. The molecule has 0 unspecified atom stereocenters. The molecule has 2 amide bonds. The van der Waals surface area contributed by atoms with Gasteiger partial charge >= 0.3 is 0 Å². The number of aryl methyl sites for hydroxylation is 1. The van der Waals surface area contributed by atoms with Crippen molar-refractivity contribution in [1.29, 1.82) is 0 Å². The van der Waals surface area contributed by atoms with E-state index in [2.05, 4.69) is 20.2 Å². The van der Waals surface area contributed by atoms with Crippen LogP contribution in [0, 0.1) is 18.7 Å². The monoisotopic (exact) mass is 567 g/mol. The summed E-state index contributed by atoms with van der Waals surface area (Å²) in [6, 6.07) is 8.18. The molecule has 1 N–H and O–H groups in total. The van der Waals surface area contributed by atoms with Gasteiger partial charge in [0.15, 0.2) is 0 Å². The van der Waals surface area contributed by atoms with E-state index in [9.17, 15) is 9.59 Å². The third-order valence-electron chi connectivity index (χ3n) is 7.33. The Kier molecular flexibility index (Phi) is 9.99. The van der Waals surface area contributed by atoms with Gasteiger partial charge in [0.1, 0.15) is 16.9 Å². The van der Waals surface area contributed by atoms with Crippen molar-refractivity contribution < 1.29 is 18.7 Å². The number of piperazine rings is 1. The largest absolute Gasteiger partial charge is 0.385 e. The normalized spacial score (nSPS) is 18.6. The maximum atomic E-state index is 15.2. The van der Waals surface area contributed by atoms with Crippen LogP contribution in [0.3, 0.4) is 0 Å². The van der Waals surface area contributed by atoms with E-state index in [0.29, 0.717) is 37.4 Å². The van der Waals surface area contributed by atoms with Crippen molar-refractivity contribution in [2.24, 2.45) is 5.92 Å². The summed E-state index contributed by atoms with van der Waals surface area (Å²) >= 11 is 1.57. The van der Waals surface area contributed by atoms with Crippen LogP contribution < -0.4 is 5.32 Å². The van der Waals surface area contributed by atoms with Crippen LogP contribution in [0.1, 0.15) is 50.1 Å². The number of thiazole rings is 1. The van der Waals surface area contributed by atoms with Crippen LogP contribution in [-0.2, 0) is 20.9 Å². The Morgan fingerprint density at radius 1 is 1.15 bits per heavy atom. The molecule has 3 aromatic rings. The number of hydrogen-bond donors (Lipinski definition) is 1. The van der Waals surface area contributed by atoms with E-state index in [0.717, 1.165) is 16.1 Å². The first-order valence-corrected chi connectivity index (χ1v) is 14.5. The molecule has 1 fully saturated rings. The summed E-state index contributed by atoms with van der Waals surface area (Å²) in [5.74, 6) is -0.923. The summed E-state index contributed by atoms with van der Waals surface area (Å²) in [7, 11) is 1.61. The van der Waals surface area contributed by atoms with Crippen molar-refractivity contribution in [2.75, 3.05) is 26.8 Å². The molecule has 0 bridgehead atoms. The lowest BCUT2D eigenvalue weighted by atomic mass is 9.97. The van der Waals surface area contributed by atoms with E-state index in [4.69, 9.17) is 4.74 Å². The number of aromatic nitrogens is 2. The lowest BCUT2D eigenvalue weighted by Gasteiger charge is -2.47. The van der Waals surface area contributed by atoms with Gasteiger partial charge in [0.25, 0.3) is 0 Å². The predicted octanol–water partition coefficient (Wildman–Crippen LogP) is 4.60. The quantitative estimate of drug-likeness (QED) is 0.385. The smallest absolute Gasteiger partial charge is 0.244 e. The number of ether oxygens (including phenoxy) is 1. The number of carbonyl (C=O) groups excluding carboxylic acids is 2. The van der Waals surface area contributed by atoms with Crippen molar-refractivity contribution in [3.63, 3.8) is 0 Å². The second kappa shape index (κ2) is 13.4. The Labute approximate surface area is 239 Å². The van der Waals surface area contributed by atoms with Gasteiger partial charge in [-0.2, -0.15) is 0 Å². The zero-order valence-corrected chi connectivity index (χ0v) is 24.6. The molecule has 0 saturated carbocycles. The van der Waals surface area contributed by atoms with Gasteiger partial charge in [0.2, 0.25) is 11.8 Å². The van der Waals surface area contributed by atoms with Gasteiger partial charge < -0.3 is 15.0 Å². The van der Waals surface area contributed by atoms with Crippen molar-refractivity contribution >= 4 is 23.2 Å². The van der Waals surface area contributed by atoms with E-state index in [1.807, 2.05) is 50.4 Å². The summed E-state index contributed by atoms with van der Waals surface area (Å²) in [6.45, 7) is 8.83.